The van der Waals surface area contributed by atoms with E-state index in [1.807, 2.05) is 36.4 Å². The smallest absolute Gasteiger partial charge is 0.256 e. The average molecular weight is 339 g/mol. The Hall–Kier alpha value is -2.85. The minimum Gasteiger partial charge on any atom is -0.489 e. The van der Waals surface area contributed by atoms with Crippen molar-refractivity contribution in [2.24, 2.45) is 0 Å². The zero-order valence-electron chi connectivity index (χ0n) is 12.8. The fraction of sp³-hybridized carbons (Fsp3) is 0.0526. The highest BCUT2D eigenvalue weighted by atomic mass is 35.5. The molecule has 2 aromatic carbocycles. The molecule has 24 heavy (non-hydrogen) atoms. The van der Waals surface area contributed by atoms with Gasteiger partial charge in [-0.1, -0.05) is 35.9 Å². The molecule has 1 heterocycles. The van der Waals surface area contributed by atoms with Crippen molar-refractivity contribution in [3.8, 4) is 5.75 Å². The summed E-state index contributed by atoms with van der Waals surface area (Å²) in [7, 11) is 0. The Morgan fingerprint density at radius 1 is 1.04 bits per heavy atom. The third-order valence-corrected chi connectivity index (χ3v) is 3.53. The lowest BCUT2D eigenvalue weighted by atomic mass is 10.2. The van der Waals surface area contributed by atoms with Crippen LogP contribution >= 0.6 is 11.6 Å². The molecule has 0 saturated carbocycles. The Morgan fingerprint density at radius 3 is 2.71 bits per heavy atom. The number of anilines is 1. The largest absolute Gasteiger partial charge is 0.489 e. The van der Waals surface area contributed by atoms with E-state index in [4.69, 9.17) is 16.3 Å². The number of halogens is 1. The molecule has 0 spiro atoms. The van der Waals surface area contributed by atoms with Crippen LogP contribution in [0.1, 0.15) is 15.9 Å². The summed E-state index contributed by atoms with van der Waals surface area (Å²) in [6, 6.07) is 19.8. The van der Waals surface area contributed by atoms with Crippen LogP contribution in [-0.2, 0) is 6.61 Å². The topological polar surface area (TPSA) is 51.2 Å². The Morgan fingerprint density at radius 2 is 1.92 bits per heavy atom. The number of hydrogen-bond acceptors (Lipinski definition) is 3. The fourth-order valence-electron chi connectivity index (χ4n) is 2.15. The molecule has 0 saturated heterocycles. The molecule has 0 radical (unpaired) electrons. The van der Waals surface area contributed by atoms with Gasteiger partial charge in [0, 0.05) is 16.8 Å². The summed E-state index contributed by atoms with van der Waals surface area (Å²) in [5.41, 5.74) is 1.47. The van der Waals surface area contributed by atoms with Crippen LogP contribution in [0.5, 0.6) is 5.75 Å². The van der Waals surface area contributed by atoms with Crippen LogP contribution < -0.4 is 10.1 Å². The number of nitrogens with one attached hydrogen (secondary N) is 1. The number of ether oxygens (including phenoxy) is 1. The molecule has 120 valence electrons. The van der Waals surface area contributed by atoms with Crippen LogP contribution in [-0.4, -0.2) is 10.9 Å². The minimum absolute atomic E-state index is 0.234. The molecule has 1 amide bonds. The zero-order chi connectivity index (χ0) is 16.8. The van der Waals surface area contributed by atoms with Gasteiger partial charge in [0.25, 0.3) is 5.91 Å². The maximum atomic E-state index is 12.3. The monoisotopic (exact) mass is 338 g/mol. The molecule has 0 bridgehead atoms. The fourth-order valence-corrected chi connectivity index (χ4v) is 2.36. The maximum absolute atomic E-state index is 12.3. The van der Waals surface area contributed by atoms with Crippen LogP contribution in [0.2, 0.25) is 5.02 Å². The number of carbonyl (C=O) groups is 1. The normalized spacial score (nSPS) is 10.2. The van der Waals surface area contributed by atoms with Crippen molar-refractivity contribution in [1.82, 2.24) is 4.98 Å². The first-order valence-corrected chi connectivity index (χ1v) is 7.78. The van der Waals surface area contributed by atoms with Crippen LogP contribution in [0.25, 0.3) is 0 Å². The molecule has 0 aliphatic heterocycles. The highest BCUT2D eigenvalue weighted by Crippen LogP contribution is 2.17. The van der Waals surface area contributed by atoms with Gasteiger partial charge in [-0.05, 0) is 48.0 Å². The maximum Gasteiger partial charge on any atom is 0.256 e. The number of amides is 1. The van der Waals surface area contributed by atoms with Crippen LogP contribution in [0, 0.1) is 0 Å². The SMILES string of the molecule is O=C(Nc1ccccn1)c1cccc(OCc2cccc(Cl)c2)c1. The Labute approximate surface area is 145 Å². The standard InChI is InChI=1S/C19H15ClN2O2/c20-16-7-3-5-14(11-16)13-24-17-8-4-6-15(12-17)19(23)22-18-9-1-2-10-21-18/h1-12H,13H2,(H,21,22,23). The summed E-state index contributed by atoms with van der Waals surface area (Å²) < 4.78 is 5.73. The van der Waals surface area contributed by atoms with Gasteiger partial charge in [0.1, 0.15) is 18.2 Å². The Balaban J connectivity index is 1.66. The predicted octanol–water partition coefficient (Wildman–Crippen LogP) is 4.57. The van der Waals surface area contributed by atoms with Crippen molar-refractivity contribution < 1.29 is 9.53 Å². The first-order chi connectivity index (χ1) is 11.7. The van der Waals surface area contributed by atoms with Gasteiger partial charge in [-0.3, -0.25) is 4.79 Å². The molecule has 3 rings (SSSR count). The van der Waals surface area contributed by atoms with Crippen molar-refractivity contribution >= 4 is 23.3 Å². The highest BCUT2D eigenvalue weighted by molar-refractivity contribution is 6.30. The number of carbonyl (C=O) groups excluding carboxylic acids is 1. The second-order valence-corrected chi connectivity index (χ2v) is 5.55. The van der Waals surface area contributed by atoms with Crippen molar-refractivity contribution in [3.05, 3.63) is 89.1 Å². The van der Waals surface area contributed by atoms with E-state index >= 15 is 0 Å². The second-order valence-electron chi connectivity index (χ2n) is 5.12. The van der Waals surface area contributed by atoms with E-state index in [0.717, 1.165) is 5.56 Å². The number of benzene rings is 2. The van der Waals surface area contributed by atoms with Crippen LogP contribution in [0.3, 0.4) is 0 Å². The Kier molecular flexibility index (Phi) is 5.08. The summed E-state index contributed by atoms with van der Waals surface area (Å²) in [4.78, 5) is 16.3. The number of aromatic nitrogens is 1. The molecule has 0 aliphatic rings. The van der Waals surface area contributed by atoms with E-state index in [0.29, 0.717) is 28.8 Å². The summed E-state index contributed by atoms with van der Waals surface area (Å²) in [5.74, 6) is 0.887. The van der Waals surface area contributed by atoms with E-state index in [2.05, 4.69) is 10.3 Å². The third-order valence-electron chi connectivity index (χ3n) is 3.30. The second kappa shape index (κ2) is 7.62. The molecule has 0 aliphatic carbocycles. The van der Waals surface area contributed by atoms with Gasteiger partial charge < -0.3 is 10.1 Å². The Bertz CT molecular complexity index is 838. The van der Waals surface area contributed by atoms with Crippen LogP contribution in [0.4, 0.5) is 5.82 Å². The third kappa shape index (κ3) is 4.33. The van der Waals surface area contributed by atoms with Crippen molar-refractivity contribution in [1.29, 1.82) is 0 Å². The highest BCUT2D eigenvalue weighted by Gasteiger charge is 2.08. The lowest BCUT2D eigenvalue weighted by Crippen LogP contribution is -2.12. The molecule has 0 fully saturated rings. The van der Waals surface area contributed by atoms with E-state index in [-0.39, 0.29) is 5.91 Å². The summed E-state index contributed by atoms with van der Waals surface area (Å²) in [5, 5.41) is 3.41. The minimum atomic E-state index is -0.234. The molecule has 3 aromatic rings. The quantitative estimate of drug-likeness (QED) is 0.741. The molecule has 5 heteroatoms. The van der Waals surface area contributed by atoms with Gasteiger partial charge in [0.05, 0.1) is 0 Å². The summed E-state index contributed by atoms with van der Waals surface area (Å²) >= 11 is 5.96. The van der Waals surface area contributed by atoms with E-state index in [1.54, 1.807) is 36.5 Å². The molecule has 0 unspecified atom stereocenters. The van der Waals surface area contributed by atoms with Gasteiger partial charge in [0.15, 0.2) is 0 Å². The van der Waals surface area contributed by atoms with E-state index in [1.165, 1.54) is 0 Å². The van der Waals surface area contributed by atoms with Crippen molar-refractivity contribution in [3.63, 3.8) is 0 Å². The van der Waals surface area contributed by atoms with E-state index in [9.17, 15) is 4.79 Å². The lowest BCUT2D eigenvalue weighted by Gasteiger charge is -2.09. The molecule has 4 nitrogen and oxygen atoms in total. The number of nitrogens with zero attached hydrogens (tertiary/aromatic N) is 1. The predicted molar refractivity (Wildman–Crippen MR) is 94.4 cm³/mol. The molecule has 0 atom stereocenters. The lowest BCUT2D eigenvalue weighted by molar-refractivity contribution is 0.102. The van der Waals surface area contributed by atoms with Gasteiger partial charge in [-0.25, -0.2) is 4.98 Å². The summed E-state index contributed by atoms with van der Waals surface area (Å²) in [6.07, 6.45) is 1.63. The number of hydrogen-bond donors (Lipinski definition) is 1. The first kappa shape index (κ1) is 16.0. The van der Waals surface area contributed by atoms with Crippen molar-refractivity contribution in [2.75, 3.05) is 5.32 Å². The average Bonchev–Trinajstić information content (AvgIpc) is 2.61. The number of pyridine rings is 1. The van der Waals surface area contributed by atoms with E-state index < -0.39 is 0 Å². The van der Waals surface area contributed by atoms with Gasteiger partial charge in [-0.15, -0.1) is 0 Å². The molecular weight excluding hydrogens is 324 g/mol. The van der Waals surface area contributed by atoms with Gasteiger partial charge >= 0.3 is 0 Å². The van der Waals surface area contributed by atoms with Crippen molar-refractivity contribution in [2.45, 2.75) is 6.61 Å². The number of rotatable bonds is 5. The molecule has 1 aromatic heterocycles. The van der Waals surface area contributed by atoms with Gasteiger partial charge in [-0.2, -0.15) is 0 Å². The molecule has 1 N–H and O–H groups in total. The van der Waals surface area contributed by atoms with Gasteiger partial charge in [0.2, 0.25) is 0 Å². The zero-order valence-corrected chi connectivity index (χ0v) is 13.5. The van der Waals surface area contributed by atoms with Crippen LogP contribution in [0.15, 0.2) is 72.9 Å². The first-order valence-electron chi connectivity index (χ1n) is 7.40. The molecular formula is C19H15ClN2O2. The summed E-state index contributed by atoms with van der Waals surface area (Å²) in [6.45, 7) is 0.381.